The Kier molecular flexibility index (Phi) is 4.79. The largest absolute Gasteiger partial charge is 0.370 e. The Morgan fingerprint density at radius 1 is 1.08 bits per heavy atom. The molecule has 128 valence electrons. The average molecular weight is 443 g/mol. The van der Waals surface area contributed by atoms with E-state index in [0.29, 0.717) is 0 Å². The second kappa shape index (κ2) is 7.20. The van der Waals surface area contributed by atoms with Gasteiger partial charge in [-0.3, -0.25) is 0 Å². The predicted molar refractivity (Wildman–Crippen MR) is 113 cm³/mol. The summed E-state index contributed by atoms with van der Waals surface area (Å²) in [6.07, 6.45) is 4.50. The maximum atomic E-state index is 5.06. The Morgan fingerprint density at radius 3 is 2.68 bits per heavy atom. The fraction of sp³-hybridized carbons (Fsp3) is 0.286. The fourth-order valence-corrected chi connectivity index (χ4v) is 3.89. The molecule has 3 aromatic rings. The molecule has 2 heterocycles. The molecule has 0 bridgehead atoms. The van der Waals surface area contributed by atoms with Gasteiger partial charge in [-0.05, 0) is 72.0 Å². The van der Waals surface area contributed by atoms with Crippen molar-refractivity contribution in [3.05, 3.63) is 63.2 Å². The molecule has 0 unspecified atom stereocenters. The third-order valence-corrected chi connectivity index (χ3v) is 5.57. The minimum atomic E-state index is 1.00. The Hall–Kier alpha value is -1.82. The summed E-state index contributed by atoms with van der Waals surface area (Å²) >= 11 is 2.35. The van der Waals surface area contributed by atoms with Crippen LogP contribution in [0.25, 0.3) is 16.9 Å². The van der Waals surface area contributed by atoms with Gasteiger partial charge in [0.2, 0.25) is 0 Å². The van der Waals surface area contributed by atoms with Gasteiger partial charge in [-0.25, -0.2) is 4.68 Å². The summed E-state index contributed by atoms with van der Waals surface area (Å²) in [5.41, 5.74) is 6.19. The first-order valence-corrected chi connectivity index (χ1v) is 10.1. The van der Waals surface area contributed by atoms with E-state index in [1.165, 1.54) is 44.6 Å². The Bertz CT molecular complexity index is 881. The van der Waals surface area contributed by atoms with Crippen molar-refractivity contribution in [1.29, 1.82) is 0 Å². The molecule has 0 aliphatic carbocycles. The molecule has 0 atom stereocenters. The van der Waals surface area contributed by atoms with Gasteiger partial charge in [0.05, 0.1) is 11.4 Å². The number of benzene rings is 2. The summed E-state index contributed by atoms with van der Waals surface area (Å²) in [5.74, 6) is 1.17. The first-order valence-electron chi connectivity index (χ1n) is 8.98. The van der Waals surface area contributed by atoms with Gasteiger partial charge < -0.3 is 5.32 Å². The van der Waals surface area contributed by atoms with E-state index in [-0.39, 0.29) is 0 Å². The predicted octanol–water partition coefficient (Wildman–Crippen LogP) is 5.45. The van der Waals surface area contributed by atoms with Crippen LogP contribution in [0.5, 0.6) is 0 Å². The lowest BCUT2D eigenvalue weighted by molar-refractivity contribution is 0.779. The van der Waals surface area contributed by atoms with Crippen LogP contribution in [-0.2, 0) is 12.8 Å². The van der Waals surface area contributed by atoms with Gasteiger partial charge >= 0.3 is 0 Å². The molecule has 4 rings (SSSR count). The van der Waals surface area contributed by atoms with Crippen molar-refractivity contribution in [3.63, 3.8) is 0 Å². The van der Waals surface area contributed by atoms with Crippen molar-refractivity contribution in [2.75, 3.05) is 11.9 Å². The van der Waals surface area contributed by atoms with Crippen LogP contribution in [0.3, 0.4) is 0 Å². The molecule has 25 heavy (non-hydrogen) atoms. The summed E-state index contributed by atoms with van der Waals surface area (Å²) < 4.78 is 3.38. The topological polar surface area (TPSA) is 29.9 Å². The number of nitrogens with zero attached hydrogens (tertiary/aromatic N) is 2. The normalized spacial score (nSPS) is 13.8. The molecule has 3 nitrogen and oxygen atoms in total. The molecule has 0 spiro atoms. The first kappa shape index (κ1) is 16.6. The SMILES string of the molecule is CCc1ccccc1-n1nc(-c2ccc(I)cc2)c2c1NCCCC2. The van der Waals surface area contributed by atoms with Crippen molar-refractivity contribution >= 4 is 28.4 Å². The minimum absolute atomic E-state index is 1.00. The molecule has 0 saturated heterocycles. The van der Waals surface area contributed by atoms with Crippen molar-refractivity contribution in [2.24, 2.45) is 0 Å². The molecule has 2 aromatic carbocycles. The van der Waals surface area contributed by atoms with E-state index in [2.05, 4.69) is 88.0 Å². The highest BCUT2D eigenvalue weighted by atomic mass is 127. The van der Waals surface area contributed by atoms with Crippen LogP contribution in [0.4, 0.5) is 5.82 Å². The van der Waals surface area contributed by atoms with Crippen LogP contribution in [0.1, 0.15) is 30.9 Å². The summed E-state index contributed by atoms with van der Waals surface area (Å²) in [6.45, 7) is 3.22. The first-order chi connectivity index (χ1) is 12.3. The number of hydrogen-bond acceptors (Lipinski definition) is 2. The summed E-state index contributed by atoms with van der Waals surface area (Å²) in [5, 5.41) is 8.71. The van der Waals surface area contributed by atoms with Crippen LogP contribution in [0.15, 0.2) is 48.5 Å². The molecule has 1 N–H and O–H groups in total. The highest BCUT2D eigenvalue weighted by Crippen LogP contribution is 2.34. The number of para-hydroxylation sites is 1. The quantitative estimate of drug-likeness (QED) is 0.546. The smallest absolute Gasteiger partial charge is 0.133 e. The Morgan fingerprint density at radius 2 is 1.88 bits per heavy atom. The van der Waals surface area contributed by atoms with Crippen LogP contribution in [0.2, 0.25) is 0 Å². The lowest BCUT2D eigenvalue weighted by Gasteiger charge is -2.12. The number of nitrogens with one attached hydrogen (secondary N) is 1. The van der Waals surface area contributed by atoms with E-state index in [4.69, 9.17) is 5.10 Å². The Balaban J connectivity index is 1.92. The van der Waals surface area contributed by atoms with Gasteiger partial charge in [0.25, 0.3) is 0 Å². The van der Waals surface area contributed by atoms with Crippen molar-refractivity contribution in [3.8, 4) is 16.9 Å². The molecule has 1 aromatic heterocycles. The van der Waals surface area contributed by atoms with Crippen LogP contribution in [0, 0.1) is 3.57 Å². The Labute approximate surface area is 162 Å². The second-order valence-corrected chi connectivity index (χ2v) is 7.71. The molecular formula is C21H22IN3. The zero-order chi connectivity index (χ0) is 17.2. The minimum Gasteiger partial charge on any atom is -0.370 e. The number of halogens is 1. The molecule has 4 heteroatoms. The second-order valence-electron chi connectivity index (χ2n) is 6.46. The monoisotopic (exact) mass is 443 g/mol. The van der Waals surface area contributed by atoms with Crippen LogP contribution in [-0.4, -0.2) is 16.3 Å². The van der Waals surface area contributed by atoms with Gasteiger partial charge in [0.1, 0.15) is 5.82 Å². The zero-order valence-electron chi connectivity index (χ0n) is 14.4. The third-order valence-electron chi connectivity index (χ3n) is 4.85. The maximum Gasteiger partial charge on any atom is 0.133 e. The van der Waals surface area contributed by atoms with E-state index in [0.717, 1.165) is 25.1 Å². The molecule has 0 amide bonds. The highest BCUT2D eigenvalue weighted by Gasteiger charge is 2.22. The highest BCUT2D eigenvalue weighted by molar-refractivity contribution is 14.1. The molecule has 1 aliphatic rings. The molecule has 0 radical (unpaired) electrons. The lowest BCUT2D eigenvalue weighted by atomic mass is 10.0. The summed E-state index contributed by atoms with van der Waals surface area (Å²) in [6, 6.07) is 17.3. The maximum absolute atomic E-state index is 5.06. The van der Waals surface area contributed by atoms with Gasteiger partial charge in [0.15, 0.2) is 0 Å². The summed E-state index contributed by atoms with van der Waals surface area (Å²) in [7, 11) is 0. The van der Waals surface area contributed by atoms with Gasteiger partial charge in [-0.1, -0.05) is 37.3 Å². The fourth-order valence-electron chi connectivity index (χ4n) is 3.53. The van der Waals surface area contributed by atoms with Crippen molar-refractivity contribution in [1.82, 2.24) is 9.78 Å². The summed E-state index contributed by atoms with van der Waals surface area (Å²) in [4.78, 5) is 0. The van der Waals surface area contributed by atoms with Gasteiger partial charge in [0, 0.05) is 21.2 Å². The van der Waals surface area contributed by atoms with E-state index >= 15 is 0 Å². The molecule has 0 fully saturated rings. The average Bonchev–Trinajstić information content (AvgIpc) is 2.83. The van der Waals surface area contributed by atoms with E-state index in [9.17, 15) is 0 Å². The molecule has 1 aliphatic heterocycles. The van der Waals surface area contributed by atoms with Crippen LogP contribution >= 0.6 is 22.6 Å². The van der Waals surface area contributed by atoms with Gasteiger partial charge in [-0.2, -0.15) is 5.10 Å². The number of aryl methyl sites for hydroxylation is 1. The zero-order valence-corrected chi connectivity index (χ0v) is 16.6. The number of hydrogen-bond donors (Lipinski definition) is 1. The van der Waals surface area contributed by atoms with Gasteiger partial charge in [-0.15, -0.1) is 0 Å². The number of fused-ring (bicyclic) bond motifs is 1. The number of aromatic nitrogens is 2. The van der Waals surface area contributed by atoms with Crippen LogP contribution < -0.4 is 5.32 Å². The van der Waals surface area contributed by atoms with E-state index in [1.807, 2.05) is 0 Å². The third kappa shape index (κ3) is 3.19. The number of rotatable bonds is 3. The standard InChI is InChI=1S/C21H22IN3/c1-2-15-7-3-4-9-19(15)25-21-18(8-5-6-14-23-21)20(24-25)16-10-12-17(22)13-11-16/h3-4,7,9-13,23H,2,5-6,8,14H2,1H3. The molecule has 0 saturated carbocycles. The lowest BCUT2D eigenvalue weighted by Crippen LogP contribution is -2.08. The number of anilines is 1. The van der Waals surface area contributed by atoms with Crippen molar-refractivity contribution < 1.29 is 0 Å². The van der Waals surface area contributed by atoms with E-state index < -0.39 is 0 Å². The van der Waals surface area contributed by atoms with Crippen molar-refractivity contribution in [2.45, 2.75) is 32.6 Å². The van der Waals surface area contributed by atoms with E-state index in [1.54, 1.807) is 0 Å². The molecular weight excluding hydrogens is 421 g/mol.